The minimum Gasteiger partial charge on any atom is -0.747 e. The second-order valence-corrected chi connectivity index (χ2v) is 10.3. The standard InChI is InChI=1S/2C3H6O7S2.Mg/c2*1-3(4)10-12(8,9)2-11(5,6)7;/h2*2H2,1H3,(H,5,6,7);/q;;+2/p-2. The van der Waals surface area contributed by atoms with Gasteiger partial charge >= 0.3 is 55.2 Å². The summed E-state index contributed by atoms with van der Waals surface area (Å²) in [6, 6.07) is 0. The molecule has 0 N–H and O–H groups in total. The molecule has 0 aliphatic carbocycles. The van der Waals surface area contributed by atoms with Crippen molar-refractivity contribution in [3.63, 3.8) is 0 Å². The minimum atomic E-state index is -4.94. The van der Waals surface area contributed by atoms with E-state index >= 15 is 0 Å². The number of carbonyl (C=O) groups is 2. The quantitative estimate of drug-likeness (QED) is 0.212. The van der Waals surface area contributed by atoms with Gasteiger partial charge in [0.05, 0.1) is 0 Å². The molecule has 0 rings (SSSR count). The average Bonchev–Trinajstić information content (AvgIpc) is 2.02. The van der Waals surface area contributed by atoms with Crippen LogP contribution in [-0.2, 0) is 58.4 Å². The summed E-state index contributed by atoms with van der Waals surface area (Å²) >= 11 is 0. The van der Waals surface area contributed by atoms with Gasteiger partial charge in [0, 0.05) is 13.8 Å². The molecule has 0 bridgehead atoms. The first-order chi connectivity index (χ1) is 10.2. The fourth-order valence-electron chi connectivity index (χ4n) is 0.759. The summed E-state index contributed by atoms with van der Waals surface area (Å²) in [6.45, 7) is 1.55. The van der Waals surface area contributed by atoms with E-state index in [4.69, 9.17) is 0 Å². The summed E-state index contributed by atoms with van der Waals surface area (Å²) in [4.78, 5) is 20.1. The van der Waals surface area contributed by atoms with E-state index in [1.165, 1.54) is 0 Å². The first-order valence-electron chi connectivity index (χ1n) is 4.97. The molecular weight excluding hydrogens is 449 g/mol. The van der Waals surface area contributed by atoms with Crippen LogP contribution in [0.3, 0.4) is 0 Å². The second-order valence-electron chi connectivity index (χ2n) is 3.62. The van der Waals surface area contributed by atoms with Crippen LogP contribution >= 0.6 is 0 Å². The summed E-state index contributed by atoms with van der Waals surface area (Å²) in [7, 11) is -19.1. The molecule has 14 nitrogen and oxygen atoms in total. The van der Waals surface area contributed by atoms with Crippen molar-refractivity contribution < 1.29 is 60.7 Å². The summed E-state index contributed by atoms with van der Waals surface area (Å²) in [5, 5.41) is -3.47. The van der Waals surface area contributed by atoms with Gasteiger partial charge in [-0.2, -0.15) is 16.8 Å². The Labute approximate surface area is 159 Å². The SMILES string of the molecule is CC(=O)OS(=O)(=O)CS(=O)(=O)[O-].CC(=O)OS(=O)(=O)CS(=O)(=O)[O-].[Mg+2]. The average molecular weight is 459 g/mol. The molecule has 0 heterocycles. The van der Waals surface area contributed by atoms with Crippen molar-refractivity contribution in [3.8, 4) is 0 Å². The minimum absolute atomic E-state index is 0. The molecule has 0 unspecified atom stereocenters. The van der Waals surface area contributed by atoms with E-state index < -0.39 is 62.6 Å². The number of rotatable bonds is 6. The van der Waals surface area contributed by atoms with Crippen molar-refractivity contribution in [2.45, 2.75) is 13.8 Å². The van der Waals surface area contributed by atoms with E-state index in [0.29, 0.717) is 0 Å². The molecule has 25 heavy (non-hydrogen) atoms. The summed E-state index contributed by atoms with van der Waals surface area (Å²) < 4.78 is 108. The molecular formula is C6H10MgO14S4. The summed E-state index contributed by atoms with van der Waals surface area (Å²) in [6.07, 6.45) is 0. The van der Waals surface area contributed by atoms with Gasteiger partial charge in [-0.05, 0) is 0 Å². The van der Waals surface area contributed by atoms with Crippen molar-refractivity contribution >= 4 is 75.5 Å². The van der Waals surface area contributed by atoms with Crippen LogP contribution in [-0.4, -0.2) is 87.9 Å². The van der Waals surface area contributed by atoms with Gasteiger partial charge in [0.25, 0.3) is 0 Å². The van der Waals surface area contributed by atoms with Crippen LogP contribution in [0.25, 0.3) is 0 Å². The van der Waals surface area contributed by atoms with Crippen molar-refractivity contribution in [2.75, 3.05) is 10.2 Å². The topological polar surface area (TPSA) is 235 Å². The van der Waals surface area contributed by atoms with Gasteiger partial charge in [0.15, 0.2) is 10.2 Å². The third kappa shape index (κ3) is 23.4. The molecule has 0 aromatic heterocycles. The van der Waals surface area contributed by atoms with E-state index in [0.717, 1.165) is 13.8 Å². The molecule has 0 saturated heterocycles. The van der Waals surface area contributed by atoms with Gasteiger partial charge in [-0.25, -0.2) is 16.8 Å². The molecule has 0 aromatic rings. The van der Waals surface area contributed by atoms with E-state index in [1.54, 1.807) is 0 Å². The Hall–Kier alpha value is -0.574. The molecule has 144 valence electrons. The second kappa shape index (κ2) is 10.5. The third-order valence-electron chi connectivity index (χ3n) is 1.07. The first kappa shape index (κ1) is 29.2. The molecule has 0 aliphatic rings. The molecule has 0 fully saturated rings. The smallest absolute Gasteiger partial charge is 0.747 e. The maximum atomic E-state index is 10.4. The van der Waals surface area contributed by atoms with E-state index in [9.17, 15) is 52.4 Å². The number of carbonyl (C=O) groups excluding carboxylic acids is 2. The van der Waals surface area contributed by atoms with Crippen LogP contribution in [0, 0.1) is 0 Å². The summed E-state index contributed by atoms with van der Waals surface area (Å²) in [5.41, 5.74) is 0. The summed E-state index contributed by atoms with van der Waals surface area (Å²) in [5.74, 6) is -2.39. The van der Waals surface area contributed by atoms with Crippen LogP contribution in [0.5, 0.6) is 0 Å². The number of hydrogen-bond acceptors (Lipinski definition) is 14. The molecule has 0 aliphatic heterocycles. The number of hydrogen-bond donors (Lipinski definition) is 0. The fourth-order valence-corrected chi connectivity index (χ4v) is 4.69. The van der Waals surface area contributed by atoms with Crippen molar-refractivity contribution in [1.82, 2.24) is 0 Å². The van der Waals surface area contributed by atoms with Gasteiger partial charge in [0.2, 0.25) is 0 Å². The molecule has 0 aromatic carbocycles. The monoisotopic (exact) mass is 458 g/mol. The Morgan fingerprint density at radius 3 is 1.00 bits per heavy atom. The zero-order valence-electron chi connectivity index (χ0n) is 12.5. The predicted molar refractivity (Wildman–Crippen MR) is 76.3 cm³/mol. The molecule has 0 amide bonds. The van der Waals surface area contributed by atoms with Gasteiger partial charge in [0.1, 0.15) is 20.2 Å². The Bertz CT molecular complexity index is 801. The predicted octanol–water partition coefficient (Wildman–Crippen LogP) is -3.62. The van der Waals surface area contributed by atoms with Gasteiger partial charge in [-0.15, -0.1) is 0 Å². The fraction of sp³-hybridized carbons (Fsp3) is 0.667. The molecule has 0 atom stereocenters. The van der Waals surface area contributed by atoms with Crippen LogP contribution in [0.1, 0.15) is 13.8 Å². The van der Waals surface area contributed by atoms with Crippen molar-refractivity contribution in [2.24, 2.45) is 0 Å². The Balaban J connectivity index is -0.000000372. The third-order valence-corrected chi connectivity index (χ3v) is 6.66. The molecule has 0 spiro atoms. The maximum Gasteiger partial charge on any atom is 2.00 e. The van der Waals surface area contributed by atoms with Crippen LogP contribution in [0.2, 0.25) is 0 Å². The Morgan fingerprint density at radius 1 is 0.680 bits per heavy atom. The maximum absolute atomic E-state index is 10.4. The molecule has 0 radical (unpaired) electrons. The Morgan fingerprint density at radius 2 is 0.880 bits per heavy atom. The van der Waals surface area contributed by atoms with E-state index in [2.05, 4.69) is 8.37 Å². The van der Waals surface area contributed by atoms with Gasteiger partial charge < -0.3 is 17.5 Å². The van der Waals surface area contributed by atoms with Crippen molar-refractivity contribution in [1.29, 1.82) is 0 Å². The van der Waals surface area contributed by atoms with Crippen LogP contribution < -0.4 is 0 Å². The van der Waals surface area contributed by atoms with Crippen molar-refractivity contribution in [3.05, 3.63) is 0 Å². The Kier molecular flexibility index (Phi) is 12.3. The largest absolute Gasteiger partial charge is 2.00 e. The molecule has 19 heteroatoms. The molecule has 0 saturated carbocycles. The normalized spacial score (nSPS) is 12.0. The van der Waals surface area contributed by atoms with E-state index in [1.807, 2.05) is 0 Å². The van der Waals surface area contributed by atoms with E-state index in [-0.39, 0.29) is 23.1 Å². The van der Waals surface area contributed by atoms with Crippen LogP contribution in [0.15, 0.2) is 0 Å². The van der Waals surface area contributed by atoms with Crippen LogP contribution in [0.4, 0.5) is 0 Å². The van der Waals surface area contributed by atoms with Gasteiger partial charge in [-0.1, -0.05) is 0 Å². The van der Waals surface area contributed by atoms with Gasteiger partial charge in [-0.3, -0.25) is 9.59 Å². The first-order valence-corrected chi connectivity index (χ1v) is 11.3. The zero-order chi connectivity index (χ0) is 20.0. The zero-order valence-corrected chi connectivity index (χ0v) is 17.1.